The molecule has 80 valence electrons. The zero-order chi connectivity index (χ0) is 10.6. The second kappa shape index (κ2) is 5.78. The van der Waals surface area contributed by atoms with Crippen LogP contribution in [-0.4, -0.2) is 28.8 Å². The first-order valence-corrected chi connectivity index (χ1v) is 6.73. The van der Waals surface area contributed by atoms with Crippen LogP contribution in [0.25, 0.3) is 0 Å². The van der Waals surface area contributed by atoms with Crippen LogP contribution in [0.5, 0.6) is 0 Å². The molecule has 0 aromatic carbocycles. The summed E-state index contributed by atoms with van der Waals surface area (Å²) >= 11 is 5.39. The molecule has 0 bridgehead atoms. The van der Waals surface area contributed by atoms with Gasteiger partial charge in [0.25, 0.3) is 0 Å². The van der Waals surface area contributed by atoms with Crippen LogP contribution in [0.4, 0.5) is 0 Å². The Bertz CT molecular complexity index is 268. The summed E-state index contributed by atoms with van der Waals surface area (Å²) in [5.41, 5.74) is 1.22. The maximum atomic E-state index is 4.22. The minimum Gasteiger partial charge on any atom is -0.312 e. The summed E-state index contributed by atoms with van der Waals surface area (Å²) < 4.78 is 3.01. The highest BCUT2D eigenvalue weighted by atomic mass is 79.9. The molecule has 1 rings (SSSR count). The maximum absolute atomic E-state index is 4.22. The Morgan fingerprint density at radius 2 is 2.43 bits per heavy atom. The summed E-state index contributed by atoms with van der Waals surface area (Å²) in [4.78, 5) is 0. The van der Waals surface area contributed by atoms with E-state index >= 15 is 0 Å². The molecule has 0 spiro atoms. The zero-order valence-corrected chi connectivity index (χ0v) is 11.2. The number of hydrogen-bond donors (Lipinski definition) is 1. The van der Waals surface area contributed by atoms with Gasteiger partial charge in [-0.1, -0.05) is 0 Å². The van der Waals surface area contributed by atoms with Crippen molar-refractivity contribution in [2.45, 2.75) is 12.5 Å². The van der Waals surface area contributed by atoms with Gasteiger partial charge in [0.2, 0.25) is 0 Å². The van der Waals surface area contributed by atoms with Gasteiger partial charge in [-0.2, -0.15) is 16.9 Å². The molecule has 1 aromatic rings. The normalized spacial score (nSPS) is 13.1. The van der Waals surface area contributed by atoms with Crippen molar-refractivity contribution in [3.05, 3.63) is 16.4 Å². The summed E-state index contributed by atoms with van der Waals surface area (Å²) in [6.45, 7) is 0. The lowest BCUT2D eigenvalue weighted by molar-refractivity contribution is 0.527. The molecule has 0 fully saturated rings. The predicted molar refractivity (Wildman–Crippen MR) is 65.7 cm³/mol. The Kier molecular flexibility index (Phi) is 4.98. The van der Waals surface area contributed by atoms with Gasteiger partial charge in [0.1, 0.15) is 0 Å². The first kappa shape index (κ1) is 12.1. The molecule has 0 radical (unpaired) electrons. The van der Waals surface area contributed by atoms with E-state index in [4.69, 9.17) is 0 Å². The topological polar surface area (TPSA) is 29.9 Å². The number of aromatic nitrogens is 2. The Morgan fingerprint density at radius 1 is 1.71 bits per heavy atom. The summed E-state index contributed by atoms with van der Waals surface area (Å²) in [6.07, 6.45) is 5.10. The van der Waals surface area contributed by atoms with Crippen LogP contribution in [-0.2, 0) is 7.05 Å². The van der Waals surface area contributed by atoms with Crippen LogP contribution < -0.4 is 5.32 Å². The average molecular weight is 278 g/mol. The quantitative estimate of drug-likeness (QED) is 0.895. The van der Waals surface area contributed by atoms with Crippen LogP contribution >= 0.6 is 27.7 Å². The molecule has 1 atom stereocenters. The number of aryl methyl sites for hydroxylation is 1. The summed E-state index contributed by atoms with van der Waals surface area (Å²) in [6, 6.07) is 0.379. The summed E-state index contributed by atoms with van der Waals surface area (Å²) in [5.74, 6) is 1.16. The van der Waals surface area contributed by atoms with Crippen molar-refractivity contribution in [1.29, 1.82) is 0 Å². The van der Waals surface area contributed by atoms with Gasteiger partial charge in [0.05, 0.1) is 22.4 Å². The Morgan fingerprint density at radius 3 is 2.86 bits per heavy atom. The lowest BCUT2D eigenvalue weighted by Crippen LogP contribution is -2.20. The number of nitrogens with zero attached hydrogens (tertiary/aromatic N) is 2. The molecule has 1 unspecified atom stereocenters. The van der Waals surface area contributed by atoms with Crippen LogP contribution in [0, 0.1) is 0 Å². The van der Waals surface area contributed by atoms with E-state index in [0.717, 1.165) is 16.6 Å². The largest absolute Gasteiger partial charge is 0.312 e. The smallest absolute Gasteiger partial charge is 0.0692 e. The fourth-order valence-electron chi connectivity index (χ4n) is 1.47. The third-order valence-electron chi connectivity index (χ3n) is 2.23. The van der Waals surface area contributed by atoms with Crippen LogP contribution in [0.2, 0.25) is 0 Å². The van der Waals surface area contributed by atoms with E-state index in [1.54, 1.807) is 0 Å². The first-order valence-electron chi connectivity index (χ1n) is 4.54. The molecule has 14 heavy (non-hydrogen) atoms. The van der Waals surface area contributed by atoms with Gasteiger partial charge in [0.15, 0.2) is 0 Å². The van der Waals surface area contributed by atoms with Gasteiger partial charge in [-0.15, -0.1) is 0 Å². The molecular formula is C9H16BrN3S. The van der Waals surface area contributed by atoms with Gasteiger partial charge in [0, 0.05) is 7.05 Å². The molecule has 0 aliphatic rings. The van der Waals surface area contributed by atoms with Crippen molar-refractivity contribution in [1.82, 2.24) is 15.1 Å². The van der Waals surface area contributed by atoms with Crippen molar-refractivity contribution in [2.75, 3.05) is 19.1 Å². The lowest BCUT2D eigenvalue weighted by Gasteiger charge is -2.16. The van der Waals surface area contributed by atoms with E-state index in [2.05, 4.69) is 32.6 Å². The fourth-order valence-corrected chi connectivity index (χ4v) is 2.56. The van der Waals surface area contributed by atoms with E-state index in [1.807, 2.05) is 36.7 Å². The molecule has 0 saturated heterocycles. The van der Waals surface area contributed by atoms with Crippen LogP contribution in [0.15, 0.2) is 10.7 Å². The lowest BCUT2D eigenvalue weighted by atomic mass is 10.1. The van der Waals surface area contributed by atoms with Crippen molar-refractivity contribution in [3.63, 3.8) is 0 Å². The first-order chi connectivity index (χ1) is 6.70. The zero-order valence-electron chi connectivity index (χ0n) is 8.75. The Hall–Kier alpha value is 0. The maximum Gasteiger partial charge on any atom is 0.0692 e. The molecule has 1 N–H and O–H groups in total. The summed E-state index contributed by atoms with van der Waals surface area (Å²) in [5, 5.41) is 7.53. The third-order valence-corrected chi connectivity index (χ3v) is 3.48. The molecule has 0 aliphatic heterocycles. The molecular weight excluding hydrogens is 262 g/mol. The fraction of sp³-hybridized carbons (Fsp3) is 0.667. The van der Waals surface area contributed by atoms with E-state index in [1.165, 1.54) is 5.69 Å². The van der Waals surface area contributed by atoms with Gasteiger partial charge in [-0.05, 0) is 41.4 Å². The number of halogens is 1. The molecule has 5 heteroatoms. The second-order valence-electron chi connectivity index (χ2n) is 3.12. The third kappa shape index (κ3) is 2.74. The number of nitrogens with one attached hydrogen (secondary N) is 1. The SMILES string of the molecule is CNC(CCSC)c1c(Br)cnn1C. The van der Waals surface area contributed by atoms with Crippen LogP contribution in [0.1, 0.15) is 18.2 Å². The van der Waals surface area contributed by atoms with E-state index in [9.17, 15) is 0 Å². The van der Waals surface area contributed by atoms with Crippen molar-refractivity contribution < 1.29 is 0 Å². The standard InChI is InChI=1S/C9H16BrN3S/c1-11-8(4-5-14-3)9-7(10)6-12-13(9)2/h6,8,11H,4-5H2,1-3H3. The molecule has 3 nitrogen and oxygen atoms in total. The number of rotatable bonds is 5. The molecule has 0 aliphatic carbocycles. The van der Waals surface area contributed by atoms with Crippen molar-refractivity contribution >= 4 is 27.7 Å². The van der Waals surface area contributed by atoms with E-state index in [-0.39, 0.29) is 0 Å². The number of hydrogen-bond acceptors (Lipinski definition) is 3. The number of thioether (sulfide) groups is 1. The molecule has 0 saturated carbocycles. The predicted octanol–water partition coefficient (Wildman–Crippen LogP) is 2.20. The van der Waals surface area contributed by atoms with Crippen LogP contribution in [0.3, 0.4) is 0 Å². The Labute approximate surface area is 97.8 Å². The van der Waals surface area contributed by atoms with Crippen molar-refractivity contribution in [2.24, 2.45) is 7.05 Å². The molecule has 1 heterocycles. The molecule has 0 amide bonds. The van der Waals surface area contributed by atoms with E-state index in [0.29, 0.717) is 6.04 Å². The average Bonchev–Trinajstić information content (AvgIpc) is 2.50. The highest BCUT2D eigenvalue weighted by molar-refractivity contribution is 9.10. The Balaban J connectivity index is 2.77. The van der Waals surface area contributed by atoms with Gasteiger partial charge < -0.3 is 5.32 Å². The van der Waals surface area contributed by atoms with Crippen molar-refractivity contribution in [3.8, 4) is 0 Å². The summed E-state index contributed by atoms with van der Waals surface area (Å²) in [7, 11) is 3.97. The van der Waals surface area contributed by atoms with Gasteiger partial charge in [-0.25, -0.2) is 0 Å². The van der Waals surface area contributed by atoms with Gasteiger partial charge >= 0.3 is 0 Å². The monoisotopic (exact) mass is 277 g/mol. The second-order valence-corrected chi connectivity index (χ2v) is 4.96. The molecule has 1 aromatic heterocycles. The minimum atomic E-state index is 0.379. The highest BCUT2D eigenvalue weighted by Crippen LogP contribution is 2.25. The highest BCUT2D eigenvalue weighted by Gasteiger charge is 2.16. The van der Waals surface area contributed by atoms with Gasteiger partial charge in [-0.3, -0.25) is 4.68 Å². The minimum absolute atomic E-state index is 0.379. The van der Waals surface area contributed by atoms with E-state index < -0.39 is 0 Å².